The lowest BCUT2D eigenvalue weighted by molar-refractivity contribution is -0.117. The second-order valence-electron chi connectivity index (χ2n) is 6.82. The Bertz CT molecular complexity index is 829. The van der Waals surface area contributed by atoms with Crippen molar-refractivity contribution < 1.29 is 19.1 Å². The molecule has 2 aromatic carbocycles. The summed E-state index contributed by atoms with van der Waals surface area (Å²) in [5.41, 5.74) is 2.85. The number of ether oxygens (including phenoxy) is 2. The predicted molar refractivity (Wildman–Crippen MR) is 109 cm³/mol. The maximum absolute atomic E-state index is 12.5. The fraction of sp³-hybridized carbons (Fsp3) is 0.364. The second kappa shape index (κ2) is 9.37. The Kier molecular flexibility index (Phi) is 6.66. The van der Waals surface area contributed by atoms with Gasteiger partial charge in [-0.15, -0.1) is 0 Å². The minimum atomic E-state index is -0.218. The fourth-order valence-corrected chi connectivity index (χ4v) is 2.68. The van der Waals surface area contributed by atoms with Crippen LogP contribution >= 0.6 is 0 Å². The van der Waals surface area contributed by atoms with E-state index in [2.05, 4.69) is 10.6 Å². The van der Waals surface area contributed by atoms with Crippen molar-refractivity contribution in [2.24, 2.45) is 5.92 Å². The van der Waals surface area contributed by atoms with Crippen molar-refractivity contribution in [3.63, 3.8) is 0 Å². The van der Waals surface area contributed by atoms with Crippen LogP contribution in [0.25, 0.3) is 0 Å². The number of hydrogen-bond donors (Lipinski definition) is 2. The van der Waals surface area contributed by atoms with Crippen molar-refractivity contribution in [1.29, 1.82) is 0 Å². The summed E-state index contributed by atoms with van der Waals surface area (Å²) in [4.78, 5) is 24.5. The summed E-state index contributed by atoms with van der Waals surface area (Å²) in [5.74, 6) is 0.652. The van der Waals surface area contributed by atoms with Gasteiger partial charge in [-0.05, 0) is 68.7 Å². The van der Waals surface area contributed by atoms with Crippen LogP contribution in [0, 0.1) is 12.8 Å². The molecule has 2 amide bonds. The molecule has 0 atom stereocenters. The Morgan fingerprint density at radius 1 is 1.04 bits per heavy atom. The Morgan fingerprint density at radius 2 is 1.79 bits per heavy atom. The molecule has 0 spiro atoms. The lowest BCUT2D eigenvalue weighted by atomic mass is 10.1. The summed E-state index contributed by atoms with van der Waals surface area (Å²) < 4.78 is 10.8. The molecule has 148 valence electrons. The standard InChI is InChI=1S/C22H26N2O4/c1-3-27-12-13-28-19-10-7-17(8-11-19)21(25)23-18-9-4-15(2)20(14-18)24-22(26)16-5-6-16/h4,7-11,14,16H,3,5-6,12-13H2,1-2H3,(H,23,25)(H,24,26). The molecule has 2 aromatic rings. The monoisotopic (exact) mass is 382 g/mol. The third-order valence-electron chi connectivity index (χ3n) is 4.52. The minimum absolute atomic E-state index is 0.0477. The van der Waals surface area contributed by atoms with Gasteiger partial charge in [0.25, 0.3) is 5.91 Å². The number of benzene rings is 2. The zero-order valence-corrected chi connectivity index (χ0v) is 16.3. The number of aryl methyl sites for hydroxylation is 1. The summed E-state index contributed by atoms with van der Waals surface area (Å²) in [6.07, 6.45) is 1.90. The van der Waals surface area contributed by atoms with Gasteiger partial charge in [-0.3, -0.25) is 9.59 Å². The van der Waals surface area contributed by atoms with E-state index in [1.807, 2.05) is 26.0 Å². The van der Waals surface area contributed by atoms with Crippen LogP contribution in [0.15, 0.2) is 42.5 Å². The first-order chi connectivity index (χ1) is 13.6. The largest absolute Gasteiger partial charge is 0.491 e. The van der Waals surface area contributed by atoms with Gasteiger partial charge in [0, 0.05) is 29.5 Å². The van der Waals surface area contributed by atoms with E-state index in [9.17, 15) is 9.59 Å². The molecule has 0 bridgehead atoms. The summed E-state index contributed by atoms with van der Waals surface area (Å²) >= 11 is 0. The van der Waals surface area contributed by atoms with Gasteiger partial charge in [-0.2, -0.15) is 0 Å². The molecule has 0 unspecified atom stereocenters. The summed E-state index contributed by atoms with van der Waals surface area (Å²) in [5, 5.41) is 5.82. The molecule has 2 N–H and O–H groups in total. The van der Waals surface area contributed by atoms with Crippen LogP contribution in [0.2, 0.25) is 0 Å². The highest BCUT2D eigenvalue weighted by molar-refractivity contribution is 6.05. The van der Waals surface area contributed by atoms with Crippen LogP contribution in [0.5, 0.6) is 5.75 Å². The van der Waals surface area contributed by atoms with Gasteiger partial charge in [-0.1, -0.05) is 6.07 Å². The van der Waals surface area contributed by atoms with E-state index in [0.717, 1.165) is 24.1 Å². The second-order valence-corrected chi connectivity index (χ2v) is 6.82. The van der Waals surface area contributed by atoms with Crippen LogP contribution in [-0.4, -0.2) is 31.6 Å². The molecule has 1 fully saturated rings. The fourth-order valence-electron chi connectivity index (χ4n) is 2.68. The number of carbonyl (C=O) groups excluding carboxylic acids is 2. The highest BCUT2D eigenvalue weighted by Crippen LogP contribution is 2.31. The summed E-state index contributed by atoms with van der Waals surface area (Å²) in [7, 11) is 0. The Hall–Kier alpha value is -2.86. The van der Waals surface area contributed by atoms with Crippen molar-refractivity contribution in [2.75, 3.05) is 30.5 Å². The topological polar surface area (TPSA) is 76.7 Å². The van der Waals surface area contributed by atoms with Gasteiger partial charge in [0.05, 0.1) is 6.61 Å². The van der Waals surface area contributed by atoms with Gasteiger partial charge < -0.3 is 20.1 Å². The Labute approximate surface area is 165 Å². The molecule has 3 rings (SSSR count). The molecule has 0 heterocycles. The first-order valence-electron chi connectivity index (χ1n) is 9.60. The molecular formula is C22H26N2O4. The Morgan fingerprint density at radius 3 is 2.46 bits per heavy atom. The van der Waals surface area contributed by atoms with Crippen molar-refractivity contribution in [3.05, 3.63) is 53.6 Å². The number of rotatable bonds is 9. The van der Waals surface area contributed by atoms with Crippen LogP contribution in [0.3, 0.4) is 0 Å². The van der Waals surface area contributed by atoms with Gasteiger partial charge >= 0.3 is 0 Å². The van der Waals surface area contributed by atoms with Crippen LogP contribution in [0.1, 0.15) is 35.7 Å². The lowest BCUT2D eigenvalue weighted by Gasteiger charge is -2.12. The third kappa shape index (κ3) is 5.57. The van der Waals surface area contributed by atoms with E-state index < -0.39 is 0 Å². The molecule has 1 saturated carbocycles. The molecule has 6 nitrogen and oxygen atoms in total. The zero-order valence-electron chi connectivity index (χ0n) is 16.3. The predicted octanol–water partition coefficient (Wildman–Crippen LogP) is 4.01. The number of hydrogen-bond acceptors (Lipinski definition) is 4. The average molecular weight is 382 g/mol. The number of carbonyl (C=O) groups is 2. The van der Waals surface area contributed by atoms with E-state index in [1.165, 1.54) is 0 Å². The van der Waals surface area contributed by atoms with Crippen LogP contribution in [-0.2, 0) is 9.53 Å². The van der Waals surface area contributed by atoms with E-state index >= 15 is 0 Å². The summed E-state index contributed by atoms with van der Waals surface area (Å²) in [6.45, 7) is 5.53. The average Bonchev–Trinajstić information content (AvgIpc) is 3.54. The van der Waals surface area contributed by atoms with E-state index in [4.69, 9.17) is 9.47 Å². The van der Waals surface area contributed by atoms with E-state index in [0.29, 0.717) is 36.8 Å². The van der Waals surface area contributed by atoms with Crippen molar-refractivity contribution in [2.45, 2.75) is 26.7 Å². The smallest absolute Gasteiger partial charge is 0.255 e. The molecule has 1 aliphatic rings. The molecular weight excluding hydrogens is 356 g/mol. The number of amides is 2. The zero-order chi connectivity index (χ0) is 19.9. The van der Waals surface area contributed by atoms with E-state index in [-0.39, 0.29) is 17.7 Å². The molecule has 1 aliphatic carbocycles. The van der Waals surface area contributed by atoms with Crippen molar-refractivity contribution >= 4 is 23.2 Å². The maximum atomic E-state index is 12.5. The summed E-state index contributed by atoms with van der Waals surface area (Å²) in [6, 6.07) is 12.5. The number of anilines is 2. The minimum Gasteiger partial charge on any atom is -0.491 e. The lowest BCUT2D eigenvalue weighted by Crippen LogP contribution is -2.15. The first-order valence-corrected chi connectivity index (χ1v) is 9.60. The number of nitrogens with one attached hydrogen (secondary N) is 2. The molecule has 0 aromatic heterocycles. The highest BCUT2D eigenvalue weighted by atomic mass is 16.5. The van der Waals surface area contributed by atoms with Gasteiger partial charge in [0.15, 0.2) is 0 Å². The van der Waals surface area contributed by atoms with Crippen molar-refractivity contribution in [1.82, 2.24) is 0 Å². The van der Waals surface area contributed by atoms with E-state index in [1.54, 1.807) is 30.3 Å². The van der Waals surface area contributed by atoms with Crippen LogP contribution < -0.4 is 15.4 Å². The maximum Gasteiger partial charge on any atom is 0.255 e. The molecule has 0 radical (unpaired) electrons. The molecule has 6 heteroatoms. The quantitative estimate of drug-likeness (QED) is 0.643. The molecule has 0 saturated heterocycles. The van der Waals surface area contributed by atoms with Gasteiger partial charge in [-0.25, -0.2) is 0 Å². The SMILES string of the molecule is CCOCCOc1ccc(C(=O)Nc2ccc(C)c(NC(=O)C3CC3)c2)cc1. The molecule has 28 heavy (non-hydrogen) atoms. The normalized spacial score (nSPS) is 13.1. The molecule has 0 aliphatic heterocycles. The first kappa shape index (κ1) is 19.9. The van der Waals surface area contributed by atoms with Crippen LogP contribution in [0.4, 0.5) is 11.4 Å². The van der Waals surface area contributed by atoms with Gasteiger partial charge in [0.1, 0.15) is 12.4 Å². The third-order valence-corrected chi connectivity index (χ3v) is 4.52. The Balaban J connectivity index is 1.58. The highest BCUT2D eigenvalue weighted by Gasteiger charge is 2.29. The van der Waals surface area contributed by atoms with Crippen molar-refractivity contribution in [3.8, 4) is 5.75 Å². The van der Waals surface area contributed by atoms with Gasteiger partial charge in [0.2, 0.25) is 5.91 Å².